The molecule has 0 spiro atoms. The van der Waals surface area contributed by atoms with Gasteiger partial charge in [-0.2, -0.15) is 0 Å². The Balaban J connectivity index is 2.05. The predicted octanol–water partition coefficient (Wildman–Crippen LogP) is -0.892. The molecule has 2 aromatic heterocycles. The lowest BCUT2D eigenvalue weighted by atomic mass is 10.1. The first-order valence-electron chi connectivity index (χ1n) is 6.29. The van der Waals surface area contributed by atoms with E-state index in [-0.39, 0.29) is 23.7 Å². The molecule has 4 atom stereocenters. The minimum absolute atomic E-state index is 0.0671. The average molecular weight is 292 g/mol. The monoisotopic (exact) mass is 292 g/mol. The van der Waals surface area contributed by atoms with Crippen LogP contribution >= 0.6 is 0 Å². The zero-order chi connectivity index (χ0) is 15.0. The second-order valence-electron chi connectivity index (χ2n) is 4.87. The number of hydrogen-bond acceptors (Lipinski definition) is 7. The lowest BCUT2D eigenvalue weighted by Crippen LogP contribution is -2.29. The Kier molecular flexibility index (Phi) is 3.29. The Morgan fingerprint density at radius 1 is 1.62 bits per heavy atom. The summed E-state index contributed by atoms with van der Waals surface area (Å²) >= 11 is 0. The van der Waals surface area contributed by atoms with Gasteiger partial charge in [-0.3, -0.25) is 4.79 Å². The first-order chi connectivity index (χ1) is 10.2. The number of rotatable bonds is 3. The maximum Gasteiger partial charge on any atom is 0.280 e. The fourth-order valence-corrected chi connectivity index (χ4v) is 2.74. The van der Waals surface area contributed by atoms with E-state index in [1.807, 2.05) is 0 Å². The van der Waals surface area contributed by atoms with Crippen LogP contribution in [0, 0.1) is 5.92 Å². The van der Waals surface area contributed by atoms with Crippen LogP contribution in [0.15, 0.2) is 16.2 Å². The van der Waals surface area contributed by atoms with Gasteiger partial charge in [0.2, 0.25) is 0 Å². The van der Waals surface area contributed by atoms with Crippen LogP contribution in [0.25, 0.3) is 21.6 Å². The highest BCUT2D eigenvalue weighted by atomic mass is 16.3. The molecule has 2 heterocycles. The topological polar surface area (TPSA) is 166 Å². The van der Waals surface area contributed by atoms with Crippen molar-refractivity contribution < 1.29 is 10.2 Å². The summed E-state index contributed by atoms with van der Waals surface area (Å²) in [6, 6.07) is -1.33. The standard InChI is InChI=1S/C10H12N8O3/c11-16-14-6-4(2-19)1-5(8(6)20)18-9-7(15-17-18)10(21)13-3-12-9/h3-6,8,19-20H,1-2H2,(H,12,13,21). The number of aromatic amines is 1. The molecule has 0 radical (unpaired) electrons. The van der Waals surface area contributed by atoms with Gasteiger partial charge in [0, 0.05) is 11.5 Å². The van der Waals surface area contributed by atoms with Crippen molar-refractivity contribution in [1.29, 1.82) is 0 Å². The number of aliphatic hydroxyl groups excluding tert-OH is 2. The number of azide groups is 1. The smallest absolute Gasteiger partial charge is 0.280 e. The maximum absolute atomic E-state index is 11.6. The Hall–Kier alpha value is -2.49. The van der Waals surface area contributed by atoms with E-state index in [1.54, 1.807) is 0 Å². The normalized spacial score (nSPS) is 28.7. The minimum Gasteiger partial charge on any atom is -0.396 e. The predicted molar refractivity (Wildman–Crippen MR) is 69.1 cm³/mol. The van der Waals surface area contributed by atoms with Crippen LogP contribution in [0.3, 0.4) is 0 Å². The number of nitrogens with one attached hydrogen (secondary N) is 1. The van der Waals surface area contributed by atoms with Gasteiger partial charge in [0.15, 0.2) is 11.2 Å². The van der Waals surface area contributed by atoms with Gasteiger partial charge in [0.05, 0.1) is 24.5 Å². The first kappa shape index (κ1) is 13.5. The molecule has 110 valence electrons. The van der Waals surface area contributed by atoms with E-state index in [2.05, 4.69) is 30.3 Å². The Labute approximate surface area is 116 Å². The van der Waals surface area contributed by atoms with E-state index in [4.69, 9.17) is 5.53 Å². The van der Waals surface area contributed by atoms with Gasteiger partial charge in [0.1, 0.15) is 0 Å². The molecule has 11 heteroatoms. The summed E-state index contributed by atoms with van der Waals surface area (Å²) in [5.41, 5.74) is 8.43. The fourth-order valence-electron chi connectivity index (χ4n) is 2.74. The molecular weight excluding hydrogens is 280 g/mol. The van der Waals surface area contributed by atoms with Gasteiger partial charge < -0.3 is 15.2 Å². The Bertz CT molecular complexity index is 763. The molecule has 4 unspecified atom stereocenters. The van der Waals surface area contributed by atoms with E-state index < -0.39 is 23.7 Å². The third-order valence-electron chi connectivity index (χ3n) is 3.77. The fraction of sp³-hybridized carbons (Fsp3) is 0.600. The molecule has 21 heavy (non-hydrogen) atoms. The number of aliphatic hydroxyl groups is 2. The highest BCUT2D eigenvalue weighted by Gasteiger charge is 2.43. The van der Waals surface area contributed by atoms with Crippen LogP contribution in [0.5, 0.6) is 0 Å². The van der Waals surface area contributed by atoms with E-state index in [1.165, 1.54) is 11.0 Å². The van der Waals surface area contributed by atoms with Gasteiger partial charge in [-0.25, -0.2) is 9.67 Å². The maximum atomic E-state index is 11.6. The van der Waals surface area contributed by atoms with Crippen molar-refractivity contribution >= 4 is 11.2 Å². The number of H-pyrrole nitrogens is 1. The van der Waals surface area contributed by atoms with Crippen LogP contribution in [0.1, 0.15) is 12.5 Å². The lowest BCUT2D eigenvalue weighted by Gasteiger charge is -2.17. The van der Waals surface area contributed by atoms with Crippen molar-refractivity contribution in [2.45, 2.75) is 24.6 Å². The average Bonchev–Trinajstić information content (AvgIpc) is 3.03. The number of nitrogens with zero attached hydrogens (tertiary/aromatic N) is 7. The lowest BCUT2D eigenvalue weighted by molar-refractivity contribution is 0.109. The second-order valence-corrected chi connectivity index (χ2v) is 4.87. The SMILES string of the molecule is [N-]=[N+]=NC1C(CO)CC(n2nnc3c(=O)[nH]cnc32)C1O. The summed E-state index contributed by atoms with van der Waals surface area (Å²) in [5, 5.41) is 30.8. The third-order valence-corrected chi connectivity index (χ3v) is 3.77. The van der Waals surface area contributed by atoms with Crippen LogP contribution < -0.4 is 5.56 Å². The van der Waals surface area contributed by atoms with Crippen molar-refractivity contribution in [3.8, 4) is 0 Å². The Morgan fingerprint density at radius 3 is 3.14 bits per heavy atom. The molecule has 3 rings (SSSR count). The molecule has 1 aliphatic carbocycles. The van der Waals surface area contributed by atoms with E-state index in [0.29, 0.717) is 6.42 Å². The van der Waals surface area contributed by atoms with Gasteiger partial charge >= 0.3 is 0 Å². The summed E-state index contributed by atoms with van der Waals surface area (Å²) in [6.07, 6.45) is 0.526. The summed E-state index contributed by atoms with van der Waals surface area (Å²) in [4.78, 5) is 20.7. The molecule has 1 saturated carbocycles. The van der Waals surface area contributed by atoms with Gasteiger partial charge in [-0.15, -0.1) is 5.10 Å². The quantitative estimate of drug-likeness (QED) is 0.377. The molecule has 11 nitrogen and oxygen atoms in total. The number of aromatic nitrogens is 5. The molecule has 1 aliphatic rings. The molecule has 2 aromatic rings. The van der Waals surface area contributed by atoms with Crippen LogP contribution in [-0.4, -0.2) is 53.9 Å². The van der Waals surface area contributed by atoms with E-state index in [0.717, 1.165) is 0 Å². The molecule has 0 amide bonds. The van der Waals surface area contributed by atoms with Crippen LogP contribution in [0.4, 0.5) is 0 Å². The highest BCUT2D eigenvalue weighted by molar-refractivity contribution is 5.67. The van der Waals surface area contributed by atoms with Crippen molar-refractivity contribution in [3.05, 3.63) is 27.1 Å². The minimum atomic E-state index is -1.04. The van der Waals surface area contributed by atoms with Crippen molar-refractivity contribution in [1.82, 2.24) is 25.0 Å². The largest absolute Gasteiger partial charge is 0.396 e. The zero-order valence-corrected chi connectivity index (χ0v) is 10.7. The molecule has 0 aliphatic heterocycles. The molecule has 0 bridgehead atoms. The second kappa shape index (κ2) is 5.13. The first-order valence-corrected chi connectivity index (χ1v) is 6.29. The zero-order valence-electron chi connectivity index (χ0n) is 10.7. The van der Waals surface area contributed by atoms with Crippen molar-refractivity contribution in [2.75, 3.05) is 6.61 Å². The Morgan fingerprint density at radius 2 is 2.43 bits per heavy atom. The number of fused-ring (bicyclic) bond motifs is 1. The van der Waals surface area contributed by atoms with Gasteiger partial charge in [0.25, 0.3) is 5.56 Å². The summed E-state index contributed by atoms with van der Waals surface area (Å²) in [7, 11) is 0. The summed E-state index contributed by atoms with van der Waals surface area (Å²) in [5.74, 6) is -0.387. The van der Waals surface area contributed by atoms with E-state index >= 15 is 0 Å². The molecular formula is C10H12N8O3. The van der Waals surface area contributed by atoms with Crippen molar-refractivity contribution in [2.24, 2.45) is 11.0 Å². The number of hydrogen-bond donors (Lipinski definition) is 3. The van der Waals surface area contributed by atoms with Gasteiger partial charge in [-0.05, 0) is 17.9 Å². The summed E-state index contributed by atoms with van der Waals surface area (Å²) < 4.78 is 1.34. The summed E-state index contributed by atoms with van der Waals surface area (Å²) in [6.45, 7) is -0.224. The van der Waals surface area contributed by atoms with Crippen LogP contribution in [-0.2, 0) is 0 Å². The highest BCUT2D eigenvalue weighted by Crippen LogP contribution is 2.37. The third kappa shape index (κ3) is 2.03. The molecule has 0 aromatic carbocycles. The molecule has 1 fully saturated rings. The molecule has 0 saturated heterocycles. The van der Waals surface area contributed by atoms with E-state index in [9.17, 15) is 15.0 Å². The molecule has 3 N–H and O–H groups in total. The van der Waals surface area contributed by atoms with Gasteiger partial charge in [-0.1, -0.05) is 10.3 Å². The van der Waals surface area contributed by atoms with Crippen LogP contribution in [0.2, 0.25) is 0 Å². The van der Waals surface area contributed by atoms with Crippen molar-refractivity contribution in [3.63, 3.8) is 0 Å².